The van der Waals surface area contributed by atoms with Gasteiger partial charge in [0.1, 0.15) is 0 Å². The van der Waals surface area contributed by atoms with Gasteiger partial charge in [-0.1, -0.05) is 6.07 Å². The number of aryl methyl sites for hydroxylation is 2. The summed E-state index contributed by atoms with van der Waals surface area (Å²) in [7, 11) is 0. The molecule has 8 heteroatoms. The average Bonchev–Trinajstić information content (AvgIpc) is 3.45. The third kappa shape index (κ3) is 7.93. The molecule has 0 aromatic carbocycles. The van der Waals surface area contributed by atoms with Crippen molar-refractivity contribution in [3.05, 3.63) is 41.3 Å². The summed E-state index contributed by atoms with van der Waals surface area (Å²) in [5, 5.41) is 11.1. The monoisotopic (exact) mass is 512 g/mol. The molecule has 1 aliphatic carbocycles. The molecule has 0 radical (unpaired) electrons. The molecule has 1 aliphatic rings. The van der Waals surface area contributed by atoms with E-state index in [0.29, 0.717) is 6.54 Å². The van der Waals surface area contributed by atoms with Crippen LogP contribution >= 0.6 is 24.0 Å². The van der Waals surface area contributed by atoms with Crippen molar-refractivity contribution < 1.29 is 4.74 Å². The fourth-order valence-electron chi connectivity index (χ4n) is 2.92. The molecule has 2 aromatic heterocycles. The predicted molar refractivity (Wildman–Crippen MR) is 127 cm³/mol. The van der Waals surface area contributed by atoms with Crippen LogP contribution in [0.2, 0.25) is 0 Å². The molecular formula is C21H33IN6O. The van der Waals surface area contributed by atoms with Crippen LogP contribution < -0.4 is 10.6 Å². The number of aromatic nitrogens is 3. The largest absolute Gasteiger partial charge is 0.381 e. The number of hydrogen-bond acceptors (Lipinski definition) is 4. The van der Waals surface area contributed by atoms with Gasteiger partial charge in [-0.3, -0.25) is 0 Å². The van der Waals surface area contributed by atoms with Gasteiger partial charge < -0.3 is 15.4 Å². The molecule has 160 valence electrons. The molecule has 0 bridgehead atoms. The highest BCUT2D eigenvalue weighted by molar-refractivity contribution is 14.0. The van der Waals surface area contributed by atoms with Crippen molar-refractivity contribution in [2.75, 3.05) is 26.3 Å². The van der Waals surface area contributed by atoms with Crippen LogP contribution in [-0.4, -0.2) is 47.0 Å². The van der Waals surface area contributed by atoms with Crippen molar-refractivity contribution in [3.63, 3.8) is 0 Å². The topological polar surface area (TPSA) is 76.4 Å². The summed E-state index contributed by atoms with van der Waals surface area (Å²) in [6.45, 7) is 10.1. The van der Waals surface area contributed by atoms with Gasteiger partial charge in [0.2, 0.25) is 0 Å². The molecule has 1 saturated carbocycles. The smallest absolute Gasteiger partial charge is 0.191 e. The Morgan fingerprint density at radius 2 is 2.10 bits per heavy atom. The van der Waals surface area contributed by atoms with Gasteiger partial charge in [0.25, 0.3) is 0 Å². The number of rotatable bonds is 10. The zero-order chi connectivity index (χ0) is 19.8. The Morgan fingerprint density at radius 3 is 2.72 bits per heavy atom. The maximum Gasteiger partial charge on any atom is 0.191 e. The standard InChI is InChI=1S/C21H32N6O.HI/c1-4-22-21(23-10-5-11-28-15-18-6-7-18)25-14-19-8-9-20(24-13-19)27-17(3)12-16(2)26-27;/h8-9,12-13,18H,4-7,10-11,14-15H2,1-3H3,(H2,22,23,25);1H. The van der Waals surface area contributed by atoms with Gasteiger partial charge >= 0.3 is 0 Å². The Morgan fingerprint density at radius 1 is 1.28 bits per heavy atom. The van der Waals surface area contributed by atoms with Crippen molar-refractivity contribution in [2.24, 2.45) is 10.9 Å². The Balaban J connectivity index is 0.00000300. The highest BCUT2D eigenvalue weighted by Crippen LogP contribution is 2.28. The second-order valence-corrected chi connectivity index (χ2v) is 7.36. The molecule has 0 amide bonds. The lowest BCUT2D eigenvalue weighted by Crippen LogP contribution is -2.38. The lowest BCUT2D eigenvalue weighted by atomic mass is 10.3. The maximum absolute atomic E-state index is 5.67. The fourth-order valence-corrected chi connectivity index (χ4v) is 2.92. The molecule has 2 aromatic rings. The molecule has 3 rings (SSSR count). The third-order valence-corrected chi connectivity index (χ3v) is 4.61. The molecule has 7 nitrogen and oxygen atoms in total. The van der Waals surface area contributed by atoms with Gasteiger partial charge in [-0.2, -0.15) is 5.10 Å². The Labute approximate surface area is 190 Å². The summed E-state index contributed by atoms with van der Waals surface area (Å²) >= 11 is 0. The first-order valence-corrected chi connectivity index (χ1v) is 10.2. The summed E-state index contributed by atoms with van der Waals surface area (Å²) in [6.07, 6.45) is 5.53. The van der Waals surface area contributed by atoms with E-state index in [-0.39, 0.29) is 24.0 Å². The lowest BCUT2D eigenvalue weighted by Gasteiger charge is -2.11. The molecule has 2 N–H and O–H groups in total. The van der Waals surface area contributed by atoms with Gasteiger partial charge in [-0.15, -0.1) is 24.0 Å². The van der Waals surface area contributed by atoms with E-state index in [0.717, 1.165) is 67.4 Å². The van der Waals surface area contributed by atoms with Crippen LogP contribution in [-0.2, 0) is 11.3 Å². The number of ether oxygens (including phenoxy) is 1. The number of nitrogens with zero attached hydrogens (tertiary/aromatic N) is 4. The van der Waals surface area contributed by atoms with Gasteiger partial charge in [0.05, 0.1) is 12.2 Å². The fraction of sp³-hybridized carbons (Fsp3) is 0.571. The van der Waals surface area contributed by atoms with Crippen LogP contribution in [0.15, 0.2) is 29.4 Å². The molecule has 0 spiro atoms. The van der Waals surface area contributed by atoms with Gasteiger partial charge in [-0.25, -0.2) is 14.7 Å². The summed E-state index contributed by atoms with van der Waals surface area (Å²) < 4.78 is 7.53. The average molecular weight is 512 g/mol. The zero-order valence-corrected chi connectivity index (χ0v) is 20.0. The SMILES string of the molecule is CCNC(=NCc1ccc(-n2nc(C)cc2C)nc1)NCCCOCC1CC1.I. The molecule has 2 heterocycles. The second kappa shape index (κ2) is 12.1. The Hall–Kier alpha value is -1.68. The van der Waals surface area contributed by atoms with E-state index in [1.807, 2.05) is 36.9 Å². The first-order chi connectivity index (χ1) is 13.7. The van der Waals surface area contributed by atoms with Crippen molar-refractivity contribution in [3.8, 4) is 5.82 Å². The molecule has 1 fully saturated rings. The van der Waals surface area contributed by atoms with Crippen LogP contribution in [0.25, 0.3) is 5.82 Å². The Bertz CT molecular complexity index is 770. The van der Waals surface area contributed by atoms with E-state index < -0.39 is 0 Å². The quantitative estimate of drug-likeness (QED) is 0.221. The summed E-state index contributed by atoms with van der Waals surface area (Å²) in [4.78, 5) is 9.19. The van der Waals surface area contributed by atoms with E-state index in [9.17, 15) is 0 Å². The Kier molecular flexibility index (Phi) is 9.86. The van der Waals surface area contributed by atoms with Crippen molar-refractivity contribution in [2.45, 2.75) is 46.6 Å². The van der Waals surface area contributed by atoms with Crippen molar-refractivity contribution in [1.82, 2.24) is 25.4 Å². The highest BCUT2D eigenvalue weighted by atomic mass is 127. The van der Waals surface area contributed by atoms with Gasteiger partial charge in [-0.05, 0) is 63.6 Å². The maximum atomic E-state index is 5.67. The van der Waals surface area contributed by atoms with Crippen LogP contribution in [0.1, 0.15) is 43.1 Å². The van der Waals surface area contributed by atoms with Gasteiger partial charge in [0.15, 0.2) is 11.8 Å². The summed E-state index contributed by atoms with van der Waals surface area (Å²) in [5.41, 5.74) is 3.14. The summed E-state index contributed by atoms with van der Waals surface area (Å²) in [6, 6.07) is 6.09. The van der Waals surface area contributed by atoms with E-state index in [4.69, 9.17) is 4.74 Å². The minimum absolute atomic E-state index is 0. The van der Waals surface area contributed by atoms with E-state index >= 15 is 0 Å². The normalized spacial score (nSPS) is 13.8. The van der Waals surface area contributed by atoms with Gasteiger partial charge in [0, 0.05) is 38.2 Å². The molecule has 0 aliphatic heterocycles. The van der Waals surface area contributed by atoms with Crippen LogP contribution in [0.5, 0.6) is 0 Å². The van der Waals surface area contributed by atoms with E-state index in [2.05, 4.69) is 38.7 Å². The highest BCUT2D eigenvalue weighted by Gasteiger charge is 2.20. The minimum Gasteiger partial charge on any atom is -0.381 e. The molecule has 29 heavy (non-hydrogen) atoms. The van der Waals surface area contributed by atoms with Crippen molar-refractivity contribution in [1.29, 1.82) is 0 Å². The van der Waals surface area contributed by atoms with Crippen LogP contribution in [0.3, 0.4) is 0 Å². The van der Waals surface area contributed by atoms with E-state index in [1.54, 1.807) is 0 Å². The van der Waals surface area contributed by atoms with Crippen molar-refractivity contribution >= 4 is 29.9 Å². The first kappa shape index (κ1) is 23.6. The first-order valence-electron chi connectivity index (χ1n) is 10.2. The van der Waals surface area contributed by atoms with Crippen LogP contribution in [0, 0.1) is 19.8 Å². The number of nitrogens with one attached hydrogen (secondary N) is 2. The second-order valence-electron chi connectivity index (χ2n) is 7.36. The lowest BCUT2D eigenvalue weighted by molar-refractivity contribution is 0.123. The number of hydrogen-bond donors (Lipinski definition) is 2. The number of aliphatic imine (C=N–C) groups is 1. The number of pyridine rings is 1. The number of halogens is 1. The summed E-state index contributed by atoms with van der Waals surface area (Å²) in [5.74, 6) is 2.48. The molecule has 0 unspecified atom stereocenters. The number of guanidine groups is 1. The molecule has 0 saturated heterocycles. The third-order valence-electron chi connectivity index (χ3n) is 4.61. The zero-order valence-electron chi connectivity index (χ0n) is 17.6. The minimum atomic E-state index is 0. The molecular weight excluding hydrogens is 479 g/mol. The predicted octanol–water partition coefficient (Wildman–Crippen LogP) is 3.37. The molecule has 0 atom stereocenters. The van der Waals surface area contributed by atoms with E-state index in [1.165, 1.54) is 12.8 Å². The van der Waals surface area contributed by atoms with Crippen LogP contribution in [0.4, 0.5) is 0 Å².